The van der Waals surface area contributed by atoms with Crippen LogP contribution >= 0.6 is 0 Å². The number of benzene rings is 3. The molecule has 2 fully saturated rings. The van der Waals surface area contributed by atoms with E-state index < -0.39 is 0 Å². The van der Waals surface area contributed by atoms with Crippen molar-refractivity contribution in [3.8, 4) is 0 Å². The van der Waals surface area contributed by atoms with Crippen LogP contribution in [0.15, 0.2) is 60.7 Å². The number of nitrogens with one attached hydrogen (secondary N) is 3. The fourth-order valence-electron chi connectivity index (χ4n) is 5.48. The summed E-state index contributed by atoms with van der Waals surface area (Å²) < 4.78 is 19.8. The summed E-state index contributed by atoms with van der Waals surface area (Å²) in [6, 6.07) is 18.9. The minimum Gasteiger partial charge on any atom is -0.381 e. The number of aromatic nitrogens is 2. The van der Waals surface area contributed by atoms with Gasteiger partial charge in [0.05, 0.1) is 11.1 Å². The van der Waals surface area contributed by atoms with Crippen LogP contribution in [0.4, 0.5) is 21.6 Å². The van der Waals surface area contributed by atoms with Crippen LogP contribution in [0.5, 0.6) is 0 Å². The zero-order chi connectivity index (χ0) is 27.5. The molecule has 0 spiro atoms. The van der Waals surface area contributed by atoms with Crippen molar-refractivity contribution >= 4 is 34.0 Å². The topological polar surface area (TPSA) is 85.5 Å². The maximum atomic E-state index is 14.2. The Balaban J connectivity index is 1.26. The molecule has 0 bridgehead atoms. The number of ether oxygens (including phenoxy) is 1. The van der Waals surface area contributed by atoms with E-state index in [-0.39, 0.29) is 17.8 Å². The van der Waals surface area contributed by atoms with Crippen LogP contribution in [0.1, 0.15) is 34.3 Å². The zero-order valence-corrected chi connectivity index (χ0v) is 22.8. The van der Waals surface area contributed by atoms with E-state index in [9.17, 15) is 9.18 Å². The van der Waals surface area contributed by atoms with Crippen LogP contribution < -0.4 is 15.5 Å². The molecule has 8 nitrogen and oxygen atoms in total. The van der Waals surface area contributed by atoms with Gasteiger partial charge in [0.1, 0.15) is 5.82 Å². The van der Waals surface area contributed by atoms with E-state index in [4.69, 9.17) is 4.74 Å². The zero-order valence-electron chi connectivity index (χ0n) is 22.8. The van der Waals surface area contributed by atoms with Crippen molar-refractivity contribution in [3.05, 3.63) is 83.2 Å². The summed E-state index contributed by atoms with van der Waals surface area (Å²) >= 11 is 0. The lowest BCUT2D eigenvalue weighted by atomic mass is 10.0. The van der Waals surface area contributed by atoms with Crippen LogP contribution in [0.3, 0.4) is 0 Å². The summed E-state index contributed by atoms with van der Waals surface area (Å²) in [5.41, 5.74) is 4.87. The van der Waals surface area contributed by atoms with Gasteiger partial charge in [0.2, 0.25) is 0 Å². The molecular weight excluding hydrogens is 507 g/mol. The molecule has 2 aliphatic rings. The molecule has 0 unspecified atom stereocenters. The third kappa shape index (κ3) is 5.80. The summed E-state index contributed by atoms with van der Waals surface area (Å²) in [7, 11) is 2.14. The lowest BCUT2D eigenvalue weighted by Gasteiger charge is -2.34. The molecular formula is C31H35FN6O2. The minimum absolute atomic E-state index is 0.229. The second kappa shape index (κ2) is 11.7. The van der Waals surface area contributed by atoms with Crippen LogP contribution in [0, 0.1) is 5.82 Å². The molecule has 2 saturated heterocycles. The molecule has 208 valence electrons. The van der Waals surface area contributed by atoms with Crippen molar-refractivity contribution in [1.29, 1.82) is 0 Å². The van der Waals surface area contributed by atoms with E-state index >= 15 is 0 Å². The molecule has 40 heavy (non-hydrogen) atoms. The number of carbonyl (C=O) groups excluding carboxylic acids is 1. The van der Waals surface area contributed by atoms with Crippen LogP contribution in [-0.4, -0.2) is 73.5 Å². The van der Waals surface area contributed by atoms with E-state index in [1.807, 2.05) is 36.4 Å². The SMILES string of the molecule is CN1CCN(c2ccc(C(=O)Nc3n[nH]c4ccc(Cc5ccccc5F)cc34)c(NC3CCOCC3)c2)CC1. The average molecular weight is 543 g/mol. The van der Waals surface area contributed by atoms with Gasteiger partial charge in [-0.1, -0.05) is 24.3 Å². The number of amides is 1. The van der Waals surface area contributed by atoms with Crippen molar-refractivity contribution in [2.45, 2.75) is 25.3 Å². The highest BCUT2D eigenvalue weighted by molar-refractivity contribution is 6.11. The summed E-state index contributed by atoms with van der Waals surface area (Å²) in [4.78, 5) is 18.4. The van der Waals surface area contributed by atoms with Crippen LogP contribution in [0.25, 0.3) is 10.9 Å². The van der Waals surface area contributed by atoms with Gasteiger partial charge >= 0.3 is 0 Å². The van der Waals surface area contributed by atoms with Crippen molar-refractivity contribution < 1.29 is 13.9 Å². The first-order valence-corrected chi connectivity index (χ1v) is 14.0. The number of H-pyrrole nitrogens is 1. The Bertz CT molecular complexity index is 1490. The molecule has 4 aromatic rings. The second-order valence-electron chi connectivity index (χ2n) is 10.7. The smallest absolute Gasteiger partial charge is 0.258 e. The molecule has 6 rings (SSSR count). The number of hydrogen-bond donors (Lipinski definition) is 3. The summed E-state index contributed by atoms with van der Waals surface area (Å²) in [5.74, 6) is -0.00386. The molecule has 1 aromatic heterocycles. The number of nitrogens with zero attached hydrogens (tertiary/aromatic N) is 3. The van der Waals surface area contributed by atoms with E-state index in [1.54, 1.807) is 12.1 Å². The summed E-state index contributed by atoms with van der Waals surface area (Å²) in [5, 5.41) is 14.8. The molecule has 2 aliphatic heterocycles. The van der Waals surface area contributed by atoms with Crippen molar-refractivity contribution in [3.63, 3.8) is 0 Å². The monoisotopic (exact) mass is 542 g/mol. The Labute approximate surface area is 233 Å². The Kier molecular flexibility index (Phi) is 7.66. The Morgan fingerprint density at radius 2 is 1.85 bits per heavy atom. The molecule has 0 radical (unpaired) electrons. The first-order valence-electron chi connectivity index (χ1n) is 14.0. The standard InChI is InChI=1S/C31H35FN6O2/c1-37-12-14-38(15-13-37)24-7-8-25(29(20-24)33-23-10-16-40-17-11-23)31(39)34-30-26-19-21(6-9-28(26)35-36-30)18-22-4-2-3-5-27(22)32/h2-9,19-20,23,33H,10-18H2,1H3,(H2,34,35,36,39). The molecule has 0 saturated carbocycles. The molecule has 0 atom stereocenters. The van der Waals surface area contributed by atoms with Gasteiger partial charge in [0, 0.05) is 68.6 Å². The fraction of sp³-hybridized carbons (Fsp3) is 0.355. The molecule has 0 aliphatic carbocycles. The Morgan fingerprint density at radius 3 is 2.65 bits per heavy atom. The molecule has 3 aromatic carbocycles. The normalized spacial score (nSPS) is 16.8. The number of rotatable bonds is 7. The van der Waals surface area contributed by atoms with E-state index in [0.29, 0.717) is 36.6 Å². The van der Waals surface area contributed by atoms with Gasteiger partial charge in [-0.3, -0.25) is 9.89 Å². The Morgan fingerprint density at radius 1 is 1.05 bits per heavy atom. The van der Waals surface area contributed by atoms with Crippen LogP contribution in [0.2, 0.25) is 0 Å². The highest BCUT2D eigenvalue weighted by Crippen LogP contribution is 2.29. The number of hydrogen-bond acceptors (Lipinski definition) is 6. The second-order valence-corrected chi connectivity index (χ2v) is 10.7. The largest absolute Gasteiger partial charge is 0.381 e. The number of piperazine rings is 1. The lowest BCUT2D eigenvalue weighted by Crippen LogP contribution is -2.44. The third-order valence-electron chi connectivity index (χ3n) is 7.91. The Hall–Kier alpha value is -3.95. The number of anilines is 3. The van der Waals surface area contributed by atoms with Crippen molar-refractivity contribution in [1.82, 2.24) is 15.1 Å². The average Bonchev–Trinajstić information content (AvgIpc) is 3.37. The third-order valence-corrected chi connectivity index (χ3v) is 7.91. The van der Waals surface area contributed by atoms with Gasteiger partial charge in [-0.05, 0) is 67.4 Å². The number of aromatic amines is 1. The molecule has 3 heterocycles. The predicted molar refractivity (Wildman–Crippen MR) is 157 cm³/mol. The lowest BCUT2D eigenvalue weighted by molar-refractivity contribution is 0.0904. The molecule has 9 heteroatoms. The first kappa shape index (κ1) is 26.3. The van der Waals surface area contributed by atoms with Gasteiger partial charge in [-0.15, -0.1) is 0 Å². The minimum atomic E-state index is -0.229. The van der Waals surface area contributed by atoms with Gasteiger partial charge in [-0.25, -0.2) is 4.39 Å². The van der Waals surface area contributed by atoms with Crippen LogP contribution in [-0.2, 0) is 11.2 Å². The van der Waals surface area contributed by atoms with Crippen molar-refractivity contribution in [2.75, 3.05) is 62.0 Å². The summed E-state index contributed by atoms with van der Waals surface area (Å²) in [6.45, 7) is 5.35. The maximum absolute atomic E-state index is 14.2. The van der Waals surface area contributed by atoms with Gasteiger partial charge < -0.3 is 25.2 Å². The van der Waals surface area contributed by atoms with E-state index in [0.717, 1.165) is 66.9 Å². The maximum Gasteiger partial charge on any atom is 0.258 e. The summed E-state index contributed by atoms with van der Waals surface area (Å²) in [6.07, 6.45) is 2.25. The number of halogens is 1. The van der Waals surface area contributed by atoms with Crippen molar-refractivity contribution in [2.24, 2.45) is 0 Å². The van der Waals surface area contributed by atoms with Gasteiger partial charge in [0.25, 0.3) is 5.91 Å². The van der Waals surface area contributed by atoms with Gasteiger partial charge in [-0.2, -0.15) is 5.10 Å². The fourth-order valence-corrected chi connectivity index (χ4v) is 5.48. The molecule has 3 N–H and O–H groups in total. The number of likely N-dealkylation sites (N-methyl/N-ethyl adjacent to an activating group) is 1. The highest BCUT2D eigenvalue weighted by Gasteiger charge is 2.22. The quantitative estimate of drug-likeness (QED) is 0.309. The molecule has 1 amide bonds. The number of carbonyl (C=O) groups is 1. The predicted octanol–water partition coefficient (Wildman–Crippen LogP) is 4.89. The van der Waals surface area contributed by atoms with E-state index in [2.05, 4.69) is 43.7 Å². The van der Waals surface area contributed by atoms with Gasteiger partial charge in [0.15, 0.2) is 5.82 Å². The van der Waals surface area contributed by atoms with E-state index in [1.165, 1.54) is 6.07 Å². The first-order chi connectivity index (χ1) is 19.5. The highest BCUT2D eigenvalue weighted by atomic mass is 19.1. The number of fused-ring (bicyclic) bond motifs is 1.